The van der Waals surface area contributed by atoms with Crippen LogP contribution in [0.3, 0.4) is 0 Å². The van der Waals surface area contributed by atoms with Crippen molar-refractivity contribution in [1.29, 1.82) is 0 Å². The molecule has 3 aromatic rings. The maximum absolute atomic E-state index is 13.0. The molecule has 1 saturated heterocycles. The Hall–Kier alpha value is -2.53. The van der Waals surface area contributed by atoms with Gasteiger partial charge < -0.3 is 14.0 Å². The molecular weight excluding hydrogens is 350 g/mol. The highest BCUT2D eigenvalue weighted by molar-refractivity contribution is 6.30. The van der Waals surface area contributed by atoms with Crippen LogP contribution in [0, 0.1) is 0 Å². The van der Waals surface area contributed by atoms with Crippen molar-refractivity contribution in [3.63, 3.8) is 0 Å². The van der Waals surface area contributed by atoms with E-state index in [9.17, 15) is 4.79 Å². The second-order valence-electron chi connectivity index (χ2n) is 6.40. The van der Waals surface area contributed by atoms with Gasteiger partial charge in [-0.2, -0.15) is 0 Å². The Balaban J connectivity index is 1.59. The van der Waals surface area contributed by atoms with Crippen molar-refractivity contribution in [3.8, 4) is 5.75 Å². The van der Waals surface area contributed by atoms with Crippen molar-refractivity contribution in [1.82, 2.24) is 14.3 Å². The molecule has 0 bridgehead atoms. The van der Waals surface area contributed by atoms with Gasteiger partial charge in [0.1, 0.15) is 17.1 Å². The van der Waals surface area contributed by atoms with E-state index in [0.29, 0.717) is 17.3 Å². The minimum atomic E-state index is -0.0405. The summed E-state index contributed by atoms with van der Waals surface area (Å²) in [7, 11) is 0. The number of nitrogens with zero attached hydrogens (tertiary/aromatic N) is 3. The first-order valence-electron chi connectivity index (χ1n) is 8.83. The lowest BCUT2D eigenvalue weighted by atomic mass is 10.0. The number of hydrogen-bond donors (Lipinski definition) is 0. The maximum Gasteiger partial charge on any atom is 0.274 e. The highest BCUT2D eigenvalue weighted by atomic mass is 35.5. The predicted octanol–water partition coefficient (Wildman–Crippen LogP) is 4.36. The van der Waals surface area contributed by atoms with Gasteiger partial charge in [-0.05, 0) is 49.6 Å². The van der Waals surface area contributed by atoms with Crippen LogP contribution in [-0.4, -0.2) is 33.3 Å². The lowest BCUT2D eigenvalue weighted by Gasteiger charge is -2.24. The molecule has 0 N–H and O–H groups in total. The molecule has 1 aliphatic rings. The SMILES string of the molecule is CCOc1ccc([C@@H]2CCCN2C(=O)c2cn3cc(Cl)ccc3n2)cc1. The third-order valence-electron chi connectivity index (χ3n) is 4.72. The molecule has 1 amide bonds. The number of halogens is 1. The molecule has 3 heterocycles. The second-order valence-corrected chi connectivity index (χ2v) is 6.83. The number of carbonyl (C=O) groups excluding carboxylic acids is 1. The molecular formula is C20H20ClN3O2. The molecule has 1 aliphatic heterocycles. The smallest absolute Gasteiger partial charge is 0.274 e. The molecule has 5 nitrogen and oxygen atoms in total. The number of rotatable bonds is 4. The number of carbonyl (C=O) groups is 1. The van der Waals surface area contributed by atoms with Crippen molar-refractivity contribution in [2.45, 2.75) is 25.8 Å². The van der Waals surface area contributed by atoms with E-state index < -0.39 is 0 Å². The highest BCUT2D eigenvalue weighted by Gasteiger charge is 2.31. The fourth-order valence-electron chi connectivity index (χ4n) is 3.52. The van der Waals surface area contributed by atoms with E-state index in [4.69, 9.17) is 16.3 Å². The summed E-state index contributed by atoms with van der Waals surface area (Å²) < 4.78 is 7.30. The fraction of sp³-hybridized carbons (Fsp3) is 0.300. The molecule has 0 spiro atoms. The first-order valence-corrected chi connectivity index (χ1v) is 9.21. The van der Waals surface area contributed by atoms with Gasteiger partial charge in [-0.25, -0.2) is 4.98 Å². The summed E-state index contributed by atoms with van der Waals surface area (Å²) in [5.41, 5.74) is 2.30. The molecule has 134 valence electrons. The molecule has 4 rings (SSSR count). The third kappa shape index (κ3) is 3.15. The summed E-state index contributed by atoms with van der Waals surface area (Å²) in [5, 5.41) is 0.613. The van der Waals surface area contributed by atoms with E-state index in [1.165, 1.54) is 0 Å². The van der Waals surface area contributed by atoms with E-state index in [2.05, 4.69) is 4.98 Å². The lowest BCUT2D eigenvalue weighted by molar-refractivity contribution is 0.0730. The Kier molecular flexibility index (Phi) is 4.55. The Labute approximate surface area is 157 Å². The molecule has 0 unspecified atom stereocenters. The van der Waals surface area contributed by atoms with Crippen LogP contribution in [0.5, 0.6) is 5.75 Å². The third-order valence-corrected chi connectivity index (χ3v) is 4.95. The number of likely N-dealkylation sites (tertiary alicyclic amines) is 1. The summed E-state index contributed by atoms with van der Waals surface area (Å²) >= 11 is 6.02. The number of pyridine rings is 1. The van der Waals surface area contributed by atoms with Crippen LogP contribution < -0.4 is 4.74 Å². The van der Waals surface area contributed by atoms with Crippen LogP contribution in [0.25, 0.3) is 5.65 Å². The number of benzene rings is 1. The number of aromatic nitrogens is 2. The van der Waals surface area contributed by atoms with Crippen molar-refractivity contribution in [3.05, 3.63) is 65.1 Å². The van der Waals surface area contributed by atoms with E-state index in [0.717, 1.165) is 36.3 Å². The Morgan fingerprint density at radius 1 is 1.23 bits per heavy atom. The summed E-state index contributed by atoms with van der Waals surface area (Å²) in [6.07, 6.45) is 5.45. The molecule has 0 saturated carbocycles. The molecule has 6 heteroatoms. The Bertz CT molecular complexity index is 936. The average molecular weight is 370 g/mol. The maximum atomic E-state index is 13.0. The number of imidazole rings is 1. The minimum absolute atomic E-state index is 0.0405. The monoisotopic (exact) mass is 369 g/mol. The van der Waals surface area contributed by atoms with Gasteiger partial charge in [0.25, 0.3) is 5.91 Å². The minimum Gasteiger partial charge on any atom is -0.494 e. The van der Waals surface area contributed by atoms with E-state index in [1.807, 2.05) is 42.2 Å². The summed E-state index contributed by atoms with van der Waals surface area (Å²) in [6.45, 7) is 3.35. The van der Waals surface area contributed by atoms with Crippen molar-refractivity contribution in [2.75, 3.05) is 13.2 Å². The zero-order valence-electron chi connectivity index (χ0n) is 14.6. The Morgan fingerprint density at radius 2 is 2.04 bits per heavy atom. The normalized spacial score (nSPS) is 17.0. The zero-order valence-corrected chi connectivity index (χ0v) is 15.3. The Morgan fingerprint density at radius 3 is 2.81 bits per heavy atom. The second kappa shape index (κ2) is 7.00. The van der Waals surface area contributed by atoms with Crippen LogP contribution in [0.1, 0.15) is 41.9 Å². The quantitative estimate of drug-likeness (QED) is 0.686. The number of fused-ring (bicyclic) bond motifs is 1. The van der Waals surface area contributed by atoms with Crippen molar-refractivity contribution >= 4 is 23.2 Å². The predicted molar refractivity (Wildman–Crippen MR) is 101 cm³/mol. The zero-order chi connectivity index (χ0) is 18.1. The molecule has 1 fully saturated rings. The van der Waals surface area contributed by atoms with Crippen LogP contribution in [-0.2, 0) is 0 Å². The number of hydrogen-bond acceptors (Lipinski definition) is 3. The number of amides is 1. The van der Waals surface area contributed by atoms with Gasteiger partial charge in [-0.15, -0.1) is 0 Å². The first kappa shape index (κ1) is 16.9. The summed E-state index contributed by atoms with van der Waals surface area (Å²) in [5.74, 6) is 0.811. The molecule has 1 aromatic carbocycles. The summed E-state index contributed by atoms with van der Waals surface area (Å²) in [4.78, 5) is 19.4. The van der Waals surface area contributed by atoms with Gasteiger partial charge in [0.15, 0.2) is 0 Å². The van der Waals surface area contributed by atoms with Gasteiger partial charge >= 0.3 is 0 Å². The number of ether oxygens (including phenoxy) is 1. The topological polar surface area (TPSA) is 46.8 Å². The van der Waals surface area contributed by atoms with Crippen LogP contribution >= 0.6 is 11.6 Å². The molecule has 0 aliphatic carbocycles. The van der Waals surface area contributed by atoms with Gasteiger partial charge in [0.05, 0.1) is 17.7 Å². The summed E-state index contributed by atoms with van der Waals surface area (Å²) in [6, 6.07) is 11.7. The molecule has 1 atom stereocenters. The van der Waals surface area contributed by atoms with Gasteiger partial charge in [-0.1, -0.05) is 23.7 Å². The lowest BCUT2D eigenvalue weighted by Crippen LogP contribution is -2.30. The molecule has 2 aromatic heterocycles. The van der Waals surface area contributed by atoms with E-state index in [-0.39, 0.29) is 11.9 Å². The molecule has 0 radical (unpaired) electrons. The van der Waals surface area contributed by atoms with Crippen molar-refractivity contribution in [2.24, 2.45) is 0 Å². The standard InChI is InChI=1S/C20H20ClN3O2/c1-2-26-16-8-5-14(6-9-16)18-4-3-11-24(18)20(25)17-13-23-12-15(21)7-10-19(23)22-17/h5-10,12-13,18H,2-4,11H2,1H3/t18-/m0/s1. The fourth-order valence-corrected chi connectivity index (χ4v) is 3.69. The van der Waals surface area contributed by atoms with Gasteiger partial charge in [0.2, 0.25) is 0 Å². The van der Waals surface area contributed by atoms with Crippen LogP contribution in [0.15, 0.2) is 48.8 Å². The highest BCUT2D eigenvalue weighted by Crippen LogP contribution is 2.33. The first-order chi connectivity index (χ1) is 12.7. The average Bonchev–Trinajstić information content (AvgIpc) is 3.28. The largest absolute Gasteiger partial charge is 0.494 e. The van der Waals surface area contributed by atoms with E-state index in [1.54, 1.807) is 22.9 Å². The van der Waals surface area contributed by atoms with E-state index >= 15 is 0 Å². The van der Waals surface area contributed by atoms with Crippen LogP contribution in [0.2, 0.25) is 5.02 Å². The van der Waals surface area contributed by atoms with Crippen LogP contribution in [0.4, 0.5) is 0 Å². The van der Waals surface area contributed by atoms with Gasteiger partial charge in [0, 0.05) is 18.9 Å². The van der Waals surface area contributed by atoms with Gasteiger partial charge in [-0.3, -0.25) is 4.79 Å². The molecule has 26 heavy (non-hydrogen) atoms. The van der Waals surface area contributed by atoms with Crippen molar-refractivity contribution < 1.29 is 9.53 Å².